The van der Waals surface area contributed by atoms with Crippen molar-refractivity contribution in [1.82, 2.24) is 19.7 Å². The Labute approximate surface area is 225 Å². The Balaban J connectivity index is 1.41. The predicted molar refractivity (Wildman–Crippen MR) is 147 cm³/mol. The first-order chi connectivity index (χ1) is 18.5. The molecule has 0 amide bonds. The van der Waals surface area contributed by atoms with E-state index in [2.05, 4.69) is 32.8 Å². The molecule has 208 valence electrons. The molecule has 0 saturated carbocycles. The highest BCUT2D eigenvalue weighted by atomic mass is 32.2. The number of sulfone groups is 1. The molecule has 0 unspecified atom stereocenters. The third-order valence-corrected chi connectivity index (χ3v) is 8.15. The van der Waals surface area contributed by atoms with Gasteiger partial charge in [-0.3, -0.25) is 5.10 Å². The van der Waals surface area contributed by atoms with Gasteiger partial charge in [0.2, 0.25) is 0 Å². The third-order valence-electron chi connectivity index (χ3n) is 7.02. The first-order valence-electron chi connectivity index (χ1n) is 12.7. The Hall–Kier alpha value is -3.51. The largest absolute Gasteiger partial charge is 0.406 e. The Morgan fingerprint density at radius 3 is 2.46 bits per heavy atom. The topological polar surface area (TPSA) is 95.0 Å². The van der Waals surface area contributed by atoms with Crippen LogP contribution in [0.2, 0.25) is 0 Å². The van der Waals surface area contributed by atoms with Gasteiger partial charge in [-0.05, 0) is 81.5 Å². The van der Waals surface area contributed by atoms with Crippen LogP contribution < -0.4 is 10.6 Å². The molecule has 1 fully saturated rings. The lowest BCUT2D eigenvalue weighted by atomic mass is 10.0. The minimum absolute atomic E-state index is 0.221. The number of halogens is 3. The van der Waals surface area contributed by atoms with Crippen LogP contribution >= 0.6 is 0 Å². The third kappa shape index (κ3) is 6.39. The smallest absolute Gasteiger partial charge is 0.382 e. The Morgan fingerprint density at radius 2 is 1.79 bits per heavy atom. The summed E-state index contributed by atoms with van der Waals surface area (Å²) in [6.45, 7) is 1.14. The number of piperidine rings is 1. The fourth-order valence-corrected chi connectivity index (χ4v) is 5.58. The second kappa shape index (κ2) is 10.6. The molecule has 4 aromatic rings. The van der Waals surface area contributed by atoms with E-state index in [9.17, 15) is 21.6 Å². The SMILES string of the molecule is CN1CCC(Nc2cccc3c2cc(-c2cc(CNc4ccc(S(C)(=O)=O)cc4)[nH]n2)n3CC(F)(F)F)CC1. The van der Waals surface area contributed by atoms with Crippen LogP contribution in [0.3, 0.4) is 0 Å². The van der Waals surface area contributed by atoms with Crippen molar-refractivity contribution in [3.05, 3.63) is 60.3 Å². The van der Waals surface area contributed by atoms with Gasteiger partial charge in [-0.2, -0.15) is 18.3 Å². The molecule has 5 rings (SSSR count). The van der Waals surface area contributed by atoms with Crippen LogP contribution in [0.5, 0.6) is 0 Å². The van der Waals surface area contributed by atoms with Gasteiger partial charge < -0.3 is 20.1 Å². The van der Waals surface area contributed by atoms with Crippen molar-refractivity contribution in [2.45, 2.75) is 43.0 Å². The molecule has 8 nitrogen and oxygen atoms in total. The van der Waals surface area contributed by atoms with E-state index in [0.717, 1.165) is 43.3 Å². The summed E-state index contributed by atoms with van der Waals surface area (Å²) in [6.07, 6.45) is -1.32. The number of rotatable bonds is 8. The second-order valence-electron chi connectivity index (χ2n) is 10.1. The number of hydrogen-bond donors (Lipinski definition) is 3. The molecule has 0 bridgehead atoms. The summed E-state index contributed by atoms with van der Waals surface area (Å²) in [5.74, 6) is 0. The number of hydrogen-bond acceptors (Lipinski definition) is 6. The summed E-state index contributed by atoms with van der Waals surface area (Å²) in [5.41, 5.74) is 3.47. The van der Waals surface area contributed by atoms with Gasteiger partial charge >= 0.3 is 6.18 Å². The van der Waals surface area contributed by atoms with Crippen molar-refractivity contribution in [1.29, 1.82) is 0 Å². The van der Waals surface area contributed by atoms with Crippen molar-refractivity contribution in [3.63, 3.8) is 0 Å². The quantitative estimate of drug-likeness (QED) is 0.277. The summed E-state index contributed by atoms with van der Waals surface area (Å²) >= 11 is 0. The summed E-state index contributed by atoms with van der Waals surface area (Å²) in [5, 5.41) is 14.7. The monoisotopic (exact) mass is 560 g/mol. The normalized spacial score (nSPS) is 15.6. The summed E-state index contributed by atoms with van der Waals surface area (Å²) in [4.78, 5) is 2.49. The molecular weight excluding hydrogens is 529 g/mol. The predicted octanol–water partition coefficient (Wildman–Crippen LogP) is 5.12. The molecule has 0 radical (unpaired) electrons. The molecule has 2 aromatic carbocycles. The highest BCUT2D eigenvalue weighted by Crippen LogP contribution is 2.35. The zero-order valence-electron chi connectivity index (χ0n) is 21.7. The maximum absolute atomic E-state index is 13.7. The fraction of sp³-hybridized carbons (Fsp3) is 0.370. The lowest BCUT2D eigenvalue weighted by Crippen LogP contribution is -2.36. The molecule has 0 atom stereocenters. The van der Waals surface area contributed by atoms with Gasteiger partial charge in [0.25, 0.3) is 0 Å². The number of H-pyrrole nitrogens is 1. The van der Waals surface area contributed by atoms with E-state index >= 15 is 0 Å². The minimum atomic E-state index is -4.41. The van der Waals surface area contributed by atoms with Gasteiger partial charge in [0.05, 0.1) is 28.3 Å². The van der Waals surface area contributed by atoms with Gasteiger partial charge in [0, 0.05) is 29.1 Å². The standard InChI is InChI=1S/C27H31F3N6O2S/c1-35-12-10-19(11-13-35)32-23-4-3-5-25-22(23)15-26(36(25)17-27(28,29)30)24-14-20(33-34-24)16-31-18-6-8-21(9-7-18)39(2,37)38/h3-9,14-15,19,31-32H,10-13,16-17H2,1-2H3,(H,33,34). The van der Waals surface area contributed by atoms with Crippen molar-refractivity contribution in [3.8, 4) is 11.4 Å². The number of nitrogens with zero attached hydrogens (tertiary/aromatic N) is 3. The molecule has 1 aliphatic rings. The van der Waals surface area contributed by atoms with E-state index in [1.807, 2.05) is 6.07 Å². The van der Waals surface area contributed by atoms with E-state index < -0.39 is 22.6 Å². The van der Waals surface area contributed by atoms with Crippen LogP contribution in [-0.4, -0.2) is 66.7 Å². The van der Waals surface area contributed by atoms with Crippen LogP contribution in [0.1, 0.15) is 18.5 Å². The number of fused-ring (bicyclic) bond motifs is 1. The number of nitrogens with one attached hydrogen (secondary N) is 3. The first-order valence-corrected chi connectivity index (χ1v) is 14.6. The highest BCUT2D eigenvalue weighted by Gasteiger charge is 2.31. The van der Waals surface area contributed by atoms with Crippen LogP contribution in [0, 0.1) is 0 Å². The fourth-order valence-electron chi connectivity index (χ4n) is 4.95. The highest BCUT2D eigenvalue weighted by molar-refractivity contribution is 7.90. The van der Waals surface area contributed by atoms with Gasteiger partial charge in [0.15, 0.2) is 9.84 Å². The molecule has 12 heteroatoms. The number of benzene rings is 2. The van der Waals surface area contributed by atoms with Crippen LogP contribution in [0.15, 0.2) is 59.5 Å². The van der Waals surface area contributed by atoms with E-state index in [-0.39, 0.29) is 10.9 Å². The van der Waals surface area contributed by atoms with Crippen molar-refractivity contribution in [2.75, 3.05) is 37.0 Å². The Morgan fingerprint density at radius 1 is 1.08 bits per heavy atom. The van der Waals surface area contributed by atoms with Crippen molar-refractivity contribution in [2.24, 2.45) is 0 Å². The Bertz CT molecular complexity index is 1550. The van der Waals surface area contributed by atoms with Crippen molar-refractivity contribution < 1.29 is 21.6 Å². The van der Waals surface area contributed by atoms with E-state index in [1.54, 1.807) is 36.4 Å². The van der Waals surface area contributed by atoms with Gasteiger partial charge in [0.1, 0.15) is 12.2 Å². The summed E-state index contributed by atoms with van der Waals surface area (Å²) in [6, 6.07) is 15.5. The number of aromatic amines is 1. The summed E-state index contributed by atoms with van der Waals surface area (Å²) in [7, 11) is -1.20. The van der Waals surface area contributed by atoms with E-state index in [1.165, 1.54) is 16.7 Å². The minimum Gasteiger partial charge on any atom is -0.382 e. The maximum atomic E-state index is 13.7. The van der Waals surface area contributed by atoms with Gasteiger partial charge in [-0.15, -0.1) is 0 Å². The van der Waals surface area contributed by atoms with E-state index in [4.69, 9.17) is 0 Å². The molecule has 2 aromatic heterocycles. The maximum Gasteiger partial charge on any atom is 0.406 e. The zero-order valence-corrected chi connectivity index (χ0v) is 22.5. The lowest BCUT2D eigenvalue weighted by molar-refractivity contribution is -0.139. The van der Waals surface area contributed by atoms with Crippen LogP contribution in [0.4, 0.5) is 24.5 Å². The molecule has 0 aliphatic carbocycles. The molecule has 1 saturated heterocycles. The van der Waals surface area contributed by atoms with E-state index in [0.29, 0.717) is 34.8 Å². The molecule has 3 N–H and O–H groups in total. The number of alkyl halides is 3. The zero-order chi connectivity index (χ0) is 27.8. The molecule has 3 heterocycles. The van der Waals surface area contributed by atoms with Gasteiger partial charge in [-0.25, -0.2) is 8.42 Å². The number of aromatic nitrogens is 3. The molecule has 1 aliphatic heterocycles. The summed E-state index contributed by atoms with van der Waals surface area (Å²) < 4.78 is 65.5. The Kier molecular flexibility index (Phi) is 7.34. The van der Waals surface area contributed by atoms with Crippen molar-refractivity contribution >= 4 is 32.1 Å². The number of likely N-dealkylation sites (tertiary alicyclic amines) is 1. The van der Waals surface area contributed by atoms with Gasteiger partial charge in [-0.1, -0.05) is 6.07 Å². The molecule has 0 spiro atoms. The lowest BCUT2D eigenvalue weighted by Gasteiger charge is -2.30. The average Bonchev–Trinajstić information content (AvgIpc) is 3.48. The average molecular weight is 561 g/mol. The first kappa shape index (κ1) is 27.1. The second-order valence-corrected chi connectivity index (χ2v) is 12.1. The van der Waals surface area contributed by atoms with Crippen LogP contribution in [0.25, 0.3) is 22.3 Å². The number of anilines is 2. The molecule has 39 heavy (non-hydrogen) atoms. The molecular formula is C27H31F3N6O2S. The van der Waals surface area contributed by atoms with Crippen LogP contribution in [-0.2, 0) is 22.9 Å².